The zero-order valence-electron chi connectivity index (χ0n) is 18.2. The summed E-state index contributed by atoms with van der Waals surface area (Å²) in [5.41, 5.74) is 0.909. The molecule has 2 aromatic rings. The van der Waals surface area contributed by atoms with Crippen LogP contribution < -0.4 is 4.74 Å². The van der Waals surface area contributed by atoms with E-state index in [1.165, 1.54) is 0 Å². The Balaban J connectivity index is 1.18. The van der Waals surface area contributed by atoms with Crippen LogP contribution in [0.15, 0.2) is 71.1 Å². The van der Waals surface area contributed by atoms with Gasteiger partial charge in [-0.25, -0.2) is 4.79 Å². The van der Waals surface area contributed by atoms with Gasteiger partial charge in [-0.15, -0.1) is 0 Å². The third kappa shape index (κ3) is 5.69. The Morgan fingerprint density at radius 3 is 2.62 bits per heavy atom. The minimum Gasteiger partial charge on any atom is -0.512 e. The normalized spacial score (nSPS) is 17.7. The van der Waals surface area contributed by atoms with Crippen molar-refractivity contribution in [1.29, 1.82) is 0 Å². The molecule has 0 radical (unpaired) electrons. The third-order valence-corrected chi connectivity index (χ3v) is 5.93. The molecule has 6 heteroatoms. The highest BCUT2D eigenvalue weighted by Gasteiger charge is 2.43. The first-order chi connectivity index (χ1) is 15.6. The number of esters is 1. The molecule has 1 N–H and O–H groups in total. The predicted octanol–water partition coefficient (Wildman–Crippen LogP) is 6.22. The molecule has 0 unspecified atom stereocenters. The number of carbonyl (C=O) groups excluding carboxylic acids is 1. The van der Waals surface area contributed by atoms with Crippen LogP contribution in [0.25, 0.3) is 0 Å². The molecule has 1 spiro atoms. The minimum atomic E-state index is -0.455. The Kier molecular flexibility index (Phi) is 7.10. The second-order valence-corrected chi connectivity index (χ2v) is 8.40. The van der Waals surface area contributed by atoms with E-state index in [1.807, 2.05) is 54.6 Å². The third-order valence-electron chi connectivity index (χ3n) is 5.93. The van der Waals surface area contributed by atoms with Crippen molar-refractivity contribution in [1.82, 2.24) is 0 Å². The Bertz CT molecular complexity index is 977. The lowest BCUT2D eigenvalue weighted by Crippen LogP contribution is -2.37. The molecule has 1 heterocycles. The predicted molar refractivity (Wildman–Crippen MR) is 122 cm³/mol. The molecule has 1 aliphatic heterocycles. The number of rotatable bonds is 9. The molecule has 2 aromatic carbocycles. The Labute approximate surface area is 188 Å². The molecule has 0 aromatic heterocycles. The SMILES string of the molecule is O=C1OC2(CCCC2)CC(O)=C1CCCC=NOCc1cccc(Oc2ccccc2)c1. The van der Waals surface area contributed by atoms with Crippen LogP contribution >= 0.6 is 0 Å². The monoisotopic (exact) mass is 435 g/mol. The van der Waals surface area contributed by atoms with E-state index in [2.05, 4.69) is 5.16 Å². The number of carbonyl (C=O) groups is 1. The van der Waals surface area contributed by atoms with E-state index in [-0.39, 0.29) is 11.7 Å². The maximum atomic E-state index is 12.3. The van der Waals surface area contributed by atoms with Crippen molar-refractivity contribution in [3.8, 4) is 11.5 Å². The fourth-order valence-electron chi connectivity index (χ4n) is 4.28. The summed E-state index contributed by atoms with van der Waals surface area (Å²) in [7, 11) is 0. The topological polar surface area (TPSA) is 77.4 Å². The smallest absolute Gasteiger partial charge is 0.337 e. The summed E-state index contributed by atoms with van der Waals surface area (Å²) in [6, 6.07) is 17.3. The summed E-state index contributed by atoms with van der Waals surface area (Å²) in [6.45, 7) is 0.336. The summed E-state index contributed by atoms with van der Waals surface area (Å²) in [5, 5.41) is 14.4. The van der Waals surface area contributed by atoms with Crippen molar-refractivity contribution in [2.75, 3.05) is 0 Å². The van der Waals surface area contributed by atoms with Gasteiger partial charge in [-0.05, 0) is 74.8 Å². The molecule has 6 nitrogen and oxygen atoms in total. The zero-order chi connectivity index (χ0) is 22.2. The average molecular weight is 436 g/mol. The number of benzene rings is 2. The zero-order valence-corrected chi connectivity index (χ0v) is 18.2. The van der Waals surface area contributed by atoms with Crippen molar-refractivity contribution in [2.45, 2.75) is 63.6 Å². The molecule has 0 saturated heterocycles. The largest absolute Gasteiger partial charge is 0.512 e. The molecule has 4 rings (SSSR count). The van der Waals surface area contributed by atoms with Crippen LogP contribution in [-0.2, 0) is 21.0 Å². The van der Waals surface area contributed by atoms with Crippen LogP contribution in [0.3, 0.4) is 0 Å². The molecule has 1 aliphatic carbocycles. The van der Waals surface area contributed by atoms with E-state index < -0.39 is 5.60 Å². The molecule has 1 fully saturated rings. The van der Waals surface area contributed by atoms with E-state index in [1.54, 1.807) is 6.21 Å². The quantitative estimate of drug-likeness (QED) is 0.219. The van der Waals surface area contributed by atoms with Crippen molar-refractivity contribution in [2.24, 2.45) is 5.16 Å². The van der Waals surface area contributed by atoms with E-state index in [0.29, 0.717) is 37.9 Å². The maximum Gasteiger partial charge on any atom is 0.337 e. The number of ether oxygens (including phenoxy) is 2. The summed E-state index contributed by atoms with van der Waals surface area (Å²) in [6.07, 6.45) is 7.76. The van der Waals surface area contributed by atoms with Crippen molar-refractivity contribution < 1.29 is 24.2 Å². The number of oxime groups is 1. The molecule has 0 atom stereocenters. The van der Waals surface area contributed by atoms with Crippen LogP contribution in [0.4, 0.5) is 0 Å². The van der Waals surface area contributed by atoms with Gasteiger partial charge < -0.3 is 19.4 Å². The highest BCUT2D eigenvalue weighted by atomic mass is 16.6. The summed E-state index contributed by atoms with van der Waals surface area (Å²) in [5.74, 6) is 1.37. The number of nitrogens with zero attached hydrogens (tertiary/aromatic N) is 1. The molecule has 168 valence electrons. The number of hydrogen-bond donors (Lipinski definition) is 1. The first-order valence-corrected chi connectivity index (χ1v) is 11.2. The van der Waals surface area contributed by atoms with Gasteiger partial charge in [0.05, 0.1) is 5.57 Å². The van der Waals surface area contributed by atoms with E-state index in [4.69, 9.17) is 14.3 Å². The average Bonchev–Trinajstić information content (AvgIpc) is 3.23. The number of aliphatic hydroxyl groups is 1. The van der Waals surface area contributed by atoms with Crippen molar-refractivity contribution in [3.05, 3.63) is 71.5 Å². The van der Waals surface area contributed by atoms with E-state index in [9.17, 15) is 9.90 Å². The lowest BCUT2D eigenvalue weighted by atomic mass is 9.90. The fourth-order valence-corrected chi connectivity index (χ4v) is 4.28. The summed E-state index contributed by atoms with van der Waals surface area (Å²) < 4.78 is 11.5. The van der Waals surface area contributed by atoms with Crippen molar-refractivity contribution in [3.63, 3.8) is 0 Å². The van der Waals surface area contributed by atoms with Gasteiger partial charge in [0.25, 0.3) is 0 Å². The van der Waals surface area contributed by atoms with Gasteiger partial charge >= 0.3 is 5.97 Å². The van der Waals surface area contributed by atoms with E-state index in [0.717, 1.165) is 42.7 Å². The van der Waals surface area contributed by atoms with Gasteiger partial charge in [0.15, 0.2) is 0 Å². The Morgan fingerprint density at radius 1 is 1.06 bits per heavy atom. The highest BCUT2D eigenvalue weighted by Crippen LogP contribution is 2.42. The number of unbranched alkanes of at least 4 members (excludes halogenated alkanes) is 1. The Hall–Kier alpha value is -3.28. The number of aliphatic hydroxyl groups excluding tert-OH is 1. The fraction of sp³-hybridized carbons (Fsp3) is 0.385. The van der Waals surface area contributed by atoms with Crippen molar-refractivity contribution >= 4 is 12.2 Å². The van der Waals surface area contributed by atoms with Crippen LogP contribution in [0, 0.1) is 0 Å². The number of hydrogen-bond acceptors (Lipinski definition) is 6. The van der Waals surface area contributed by atoms with Crippen LogP contribution in [-0.4, -0.2) is 22.9 Å². The second kappa shape index (κ2) is 10.4. The maximum absolute atomic E-state index is 12.3. The van der Waals surface area contributed by atoms with Crippen LogP contribution in [0.2, 0.25) is 0 Å². The van der Waals surface area contributed by atoms with Gasteiger partial charge in [0.2, 0.25) is 0 Å². The van der Waals surface area contributed by atoms with Gasteiger partial charge in [0, 0.05) is 12.6 Å². The van der Waals surface area contributed by atoms with Gasteiger partial charge in [-0.3, -0.25) is 0 Å². The molecule has 2 aliphatic rings. The lowest BCUT2D eigenvalue weighted by molar-refractivity contribution is -0.158. The van der Waals surface area contributed by atoms with Crippen LogP contribution in [0.1, 0.15) is 56.9 Å². The van der Waals surface area contributed by atoms with Gasteiger partial charge in [-0.2, -0.15) is 0 Å². The van der Waals surface area contributed by atoms with Gasteiger partial charge in [-0.1, -0.05) is 35.5 Å². The first kappa shape index (κ1) is 21.9. The molecule has 0 bridgehead atoms. The van der Waals surface area contributed by atoms with Crippen LogP contribution in [0.5, 0.6) is 11.5 Å². The molecule has 1 saturated carbocycles. The molecular formula is C26H29NO5. The number of para-hydroxylation sites is 1. The summed E-state index contributed by atoms with van der Waals surface area (Å²) in [4.78, 5) is 17.7. The second-order valence-electron chi connectivity index (χ2n) is 8.40. The summed E-state index contributed by atoms with van der Waals surface area (Å²) >= 11 is 0. The highest BCUT2D eigenvalue weighted by molar-refractivity contribution is 5.90. The lowest BCUT2D eigenvalue weighted by Gasteiger charge is -2.33. The Morgan fingerprint density at radius 2 is 1.84 bits per heavy atom. The van der Waals surface area contributed by atoms with Gasteiger partial charge in [0.1, 0.15) is 29.5 Å². The molecule has 0 amide bonds. The minimum absolute atomic E-state index is 0.203. The molecular weight excluding hydrogens is 406 g/mol. The van der Waals surface area contributed by atoms with E-state index >= 15 is 0 Å². The first-order valence-electron chi connectivity index (χ1n) is 11.2. The standard InChI is InChI=1S/C26H29NO5/c28-24-18-26(14-5-6-15-26)32-25(29)23(24)13-4-7-16-27-30-19-20-9-8-12-22(17-20)31-21-10-2-1-3-11-21/h1-3,8-12,16-17,28H,4-7,13-15,18-19H2. The molecule has 32 heavy (non-hydrogen) atoms.